The Labute approximate surface area is 117 Å². The number of hydrogen-bond donors (Lipinski definition) is 1. The van der Waals surface area contributed by atoms with Gasteiger partial charge in [-0.3, -0.25) is 14.6 Å². The Bertz CT molecular complexity index is 261. The largest absolute Gasteiger partial charge is 0.392 e. The maximum Gasteiger partial charge on any atom is 0.236 e. The van der Waals surface area contributed by atoms with Crippen molar-refractivity contribution in [2.24, 2.45) is 0 Å². The van der Waals surface area contributed by atoms with Crippen molar-refractivity contribution in [3.63, 3.8) is 0 Å². The highest BCUT2D eigenvalue weighted by atomic mass is 16.3. The maximum absolute atomic E-state index is 12.1. The predicted molar refractivity (Wildman–Crippen MR) is 77.1 cm³/mol. The van der Waals surface area contributed by atoms with E-state index >= 15 is 0 Å². The zero-order valence-corrected chi connectivity index (χ0v) is 12.6. The van der Waals surface area contributed by atoms with E-state index < -0.39 is 0 Å². The average Bonchev–Trinajstić information content (AvgIpc) is 2.45. The van der Waals surface area contributed by atoms with Gasteiger partial charge in [0.05, 0.1) is 12.6 Å². The summed E-state index contributed by atoms with van der Waals surface area (Å²) in [5.41, 5.74) is 0. The molecule has 1 atom stereocenters. The Balaban J connectivity index is 2.30. The smallest absolute Gasteiger partial charge is 0.236 e. The number of nitrogens with zero attached hydrogens (tertiary/aromatic N) is 3. The van der Waals surface area contributed by atoms with Crippen molar-refractivity contribution in [2.45, 2.75) is 33.3 Å². The van der Waals surface area contributed by atoms with Crippen molar-refractivity contribution >= 4 is 5.91 Å². The first-order valence-corrected chi connectivity index (χ1v) is 7.51. The van der Waals surface area contributed by atoms with Crippen molar-refractivity contribution in [3.05, 3.63) is 0 Å². The van der Waals surface area contributed by atoms with Crippen LogP contribution in [0.1, 0.15) is 27.2 Å². The Morgan fingerprint density at radius 3 is 2.21 bits per heavy atom. The molecule has 112 valence electrons. The molecule has 0 radical (unpaired) electrons. The van der Waals surface area contributed by atoms with Gasteiger partial charge >= 0.3 is 0 Å². The Morgan fingerprint density at radius 2 is 1.74 bits per heavy atom. The topological polar surface area (TPSA) is 47.0 Å². The summed E-state index contributed by atoms with van der Waals surface area (Å²) in [6, 6.07) is 0. The first kappa shape index (κ1) is 16.4. The fraction of sp³-hybridized carbons (Fsp3) is 0.929. The summed E-state index contributed by atoms with van der Waals surface area (Å²) in [4.78, 5) is 18.5. The average molecular weight is 271 g/mol. The predicted octanol–water partition coefficient (Wildman–Crippen LogP) is 0.243. The van der Waals surface area contributed by atoms with Gasteiger partial charge in [-0.25, -0.2) is 0 Å². The van der Waals surface area contributed by atoms with Crippen LogP contribution in [0.3, 0.4) is 0 Å². The Hall–Kier alpha value is -0.650. The number of piperazine rings is 1. The van der Waals surface area contributed by atoms with Crippen LogP contribution in [0.25, 0.3) is 0 Å². The fourth-order valence-corrected chi connectivity index (χ4v) is 2.35. The molecule has 0 unspecified atom stereocenters. The van der Waals surface area contributed by atoms with Gasteiger partial charge in [0.1, 0.15) is 0 Å². The summed E-state index contributed by atoms with van der Waals surface area (Å²) in [5.74, 6) is 0.236. The van der Waals surface area contributed by atoms with Gasteiger partial charge in [-0.1, -0.05) is 20.8 Å². The van der Waals surface area contributed by atoms with Gasteiger partial charge in [0, 0.05) is 32.7 Å². The lowest BCUT2D eigenvalue weighted by atomic mass is 10.2. The summed E-state index contributed by atoms with van der Waals surface area (Å²) < 4.78 is 0. The van der Waals surface area contributed by atoms with Crippen LogP contribution in [0.5, 0.6) is 0 Å². The van der Waals surface area contributed by atoms with Crippen molar-refractivity contribution in [1.29, 1.82) is 0 Å². The molecule has 19 heavy (non-hydrogen) atoms. The second kappa shape index (κ2) is 8.51. The highest BCUT2D eigenvalue weighted by molar-refractivity contribution is 5.78. The summed E-state index contributed by atoms with van der Waals surface area (Å²) in [6.45, 7) is 12.6. The zero-order valence-electron chi connectivity index (χ0n) is 12.6. The molecule has 0 aliphatic carbocycles. The van der Waals surface area contributed by atoms with Crippen molar-refractivity contribution in [1.82, 2.24) is 14.7 Å². The molecule has 0 saturated carbocycles. The van der Waals surface area contributed by atoms with Crippen LogP contribution in [0.4, 0.5) is 0 Å². The van der Waals surface area contributed by atoms with Crippen molar-refractivity contribution in [3.8, 4) is 0 Å². The van der Waals surface area contributed by atoms with E-state index in [-0.39, 0.29) is 12.0 Å². The second-order valence-electron chi connectivity index (χ2n) is 5.20. The van der Waals surface area contributed by atoms with E-state index in [1.807, 2.05) is 11.8 Å². The highest BCUT2D eigenvalue weighted by Crippen LogP contribution is 2.05. The number of carbonyl (C=O) groups is 1. The SMILES string of the molecule is CC[C@@H](O)CN1CCN(C(=O)CN(CC)CC)CC1. The zero-order chi connectivity index (χ0) is 14.3. The monoisotopic (exact) mass is 271 g/mol. The van der Waals surface area contributed by atoms with Gasteiger partial charge in [0.15, 0.2) is 0 Å². The molecule has 0 aromatic rings. The molecule has 1 heterocycles. The molecule has 1 saturated heterocycles. The lowest BCUT2D eigenvalue weighted by molar-refractivity contribution is -0.134. The van der Waals surface area contributed by atoms with Crippen LogP contribution in [0.2, 0.25) is 0 Å². The first-order chi connectivity index (χ1) is 9.10. The standard InChI is InChI=1S/C14H29N3O2/c1-4-13(18)11-16-7-9-17(10-8-16)14(19)12-15(5-2)6-3/h13,18H,4-12H2,1-3H3/t13-/m1/s1. The van der Waals surface area contributed by atoms with Crippen LogP contribution in [0.15, 0.2) is 0 Å². The minimum absolute atomic E-state index is 0.236. The number of carbonyl (C=O) groups excluding carboxylic acids is 1. The van der Waals surface area contributed by atoms with Gasteiger partial charge < -0.3 is 10.0 Å². The molecular weight excluding hydrogens is 242 g/mol. The summed E-state index contributed by atoms with van der Waals surface area (Å²) in [6.07, 6.45) is 0.555. The van der Waals surface area contributed by atoms with Gasteiger partial charge in [-0.15, -0.1) is 0 Å². The number of β-amino-alcohol motifs (C(OH)–C–C–N with tert-alkyl or cyclic N) is 1. The molecule has 1 aliphatic heterocycles. The molecule has 1 amide bonds. The summed E-state index contributed by atoms with van der Waals surface area (Å²) in [7, 11) is 0. The third-order valence-electron chi connectivity index (χ3n) is 3.92. The molecular formula is C14H29N3O2. The number of hydrogen-bond acceptors (Lipinski definition) is 4. The normalized spacial score (nSPS) is 18.9. The van der Waals surface area contributed by atoms with E-state index in [0.29, 0.717) is 6.54 Å². The number of likely N-dealkylation sites (N-methyl/N-ethyl adjacent to an activating group) is 1. The lowest BCUT2D eigenvalue weighted by Gasteiger charge is -2.36. The van der Waals surface area contributed by atoms with Gasteiger partial charge in [-0.05, 0) is 19.5 Å². The van der Waals surface area contributed by atoms with Crippen LogP contribution in [-0.4, -0.2) is 84.2 Å². The van der Waals surface area contributed by atoms with Crippen LogP contribution in [0, 0.1) is 0 Å². The number of aliphatic hydroxyl groups excluding tert-OH is 1. The second-order valence-corrected chi connectivity index (χ2v) is 5.20. The third kappa shape index (κ3) is 5.47. The Kier molecular flexibility index (Phi) is 7.34. The molecule has 1 aliphatic rings. The molecule has 0 aromatic heterocycles. The van der Waals surface area contributed by atoms with Crippen molar-refractivity contribution < 1.29 is 9.90 Å². The molecule has 1 rings (SSSR count). The fourth-order valence-electron chi connectivity index (χ4n) is 2.35. The molecule has 0 bridgehead atoms. The van der Waals surface area contributed by atoms with E-state index in [9.17, 15) is 9.90 Å². The van der Waals surface area contributed by atoms with E-state index in [1.54, 1.807) is 0 Å². The van der Waals surface area contributed by atoms with E-state index in [1.165, 1.54) is 0 Å². The first-order valence-electron chi connectivity index (χ1n) is 7.51. The third-order valence-corrected chi connectivity index (χ3v) is 3.92. The number of rotatable bonds is 7. The molecule has 5 heteroatoms. The lowest BCUT2D eigenvalue weighted by Crippen LogP contribution is -2.52. The van der Waals surface area contributed by atoms with Gasteiger partial charge in [0.25, 0.3) is 0 Å². The summed E-state index contributed by atoms with van der Waals surface area (Å²) in [5, 5.41) is 9.64. The molecule has 5 nitrogen and oxygen atoms in total. The van der Waals surface area contributed by atoms with E-state index in [0.717, 1.165) is 52.2 Å². The maximum atomic E-state index is 12.1. The molecule has 1 N–H and O–H groups in total. The van der Waals surface area contributed by atoms with Crippen LogP contribution >= 0.6 is 0 Å². The van der Waals surface area contributed by atoms with Crippen molar-refractivity contribution in [2.75, 3.05) is 52.4 Å². The van der Waals surface area contributed by atoms with Gasteiger partial charge in [-0.2, -0.15) is 0 Å². The minimum Gasteiger partial charge on any atom is -0.392 e. The van der Waals surface area contributed by atoms with Crippen LogP contribution in [-0.2, 0) is 4.79 Å². The van der Waals surface area contributed by atoms with Gasteiger partial charge in [0.2, 0.25) is 5.91 Å². The quantitative estimate of drug-likeness (QED) is 0.721. The minimum atomic E-state index is -0.238. The Morgan fingerprint density at radius 1 is 1.16 bits per heavy atom. The highest BCUT2D eigenvalue weighted by Gasteiger charge is 2.22. The molecule has 0 spiro atoms. The van der Waals surface area contributed by atoms with E-state index in [2.05, 4.69) is 23.6 Å². The number of amides is 1. The molecule has 0 aromatic carbocycles. The van der Waals surface area contributed by atoms with Crippen LogP contribution < -0.4 is 0 Å². The summed E-state index contributed by atoms with van der Waals surface area (Å²) >= 11 is 0. The number of aliphatic hydroxyl groups is 1. The van der Waals surface area contributed by atoms with E-state index in [4.69, 9.17) is 0 Å². The molecule has 1 fully saturated rings.